The van der Waals surface area contributed by atoms with Gasteiger partial charge in [0.25, 0.3) is 0 Å². The molecule has 8 heteroatoms. The van der Waals surface area contributed by atoms with Crippen LogP contribution in [0.5, 0.6) is 0 Å². The maximum Gasteiger partial charge on any atom is 0.332 e. The predicted octanol–water partition coefficient (Wildman–Crippen LogP) is 0.631. The van der Waals surface area contributed by atoms with Crippen molar-refractivity contribution in [1.29, 1.82) is 0 Å². The molecule has 4 heterocycles. The molecule has 1 spiro atoms. The van der Waals surface area contributed by atoms with Gasteiger partial charge in [0, 0.05) is 38.6 Å². The van der Waals surface area contributed by atoms with Crippen LogP contribution >= 0.6 is 0 Å². The average Bonchev–Trinajstić information content (AvgIpc) is 3.03. The minimum Gasteiger partial charge on any atom is -0.364 e. The first-order valence-corrected chi connectivity index (χ1v) is 9.42. The Hall–Kier alpha value is -2.32. The number of likely N-dealkylation sites (tertiary alicyclic amines) is 1. The summed E-state index contributed by atoms with van der Waals surface area (Å²) in [5.41, 5.74) is -0.317. The van der Waals surface area contributed by atoms with Crippen molar-refractivity contribution in [2.75, 3.05) is 13.1 Å². The summed E-state index contributed by atoms with van der Waals surface area (Å²) in [6.45, 7) is 7.47. The molecule has 4 rings (SSSR count). The molecule has 0 amide bonds. The fourth-order valence-electron chi connectivity index (χ4n) is 3.93. The van der Waals surface area contributed by atoms with E-state index in [1.807, 2.05) is 26.1 Å². The van der Waals surface area contributed by atoms with Gasteiger partial charge in [0.1, 0.15) is 12.2 Å². The SMILES string of the molecule is CC(C)Cn1nc2n(c(=O)c1=O)C[C@]1(CCN(Cc3cccnc3)C1)OC2. The van der Waals surface area contributed by atoms with Gasteiger partial charge in [-0.05, 0) is 24.0 Å². The minimum atomic E-state index is -0.547. The van der Waals surface area contributed by atoms with Crippen molar-refractivity contribution in [3.05, 3.63) is 56.6 Å². The molecule has 2 aliphatic heterocycles. The number of fused-ring (bicyclic) bond motifs is 1. The summed E-state index contributed by atoms with van der Waals surface area (Å²) < 4.78 is 8.99. The molecule has 0 radical (unpaired) electrons. The van der Waals surface area contributed by atoms with Crippen LogP contribution in [0, 0.1) is 5.92 Å². The van der Waals surface area contributed by atoms with Crippen LogP contribution in [0.1, 0.15) is 31.7 Å². The van der Waals surface area contributed by atoms with Gasteiger partial charge in [-0.25, -0.2) is 4.68 Å². The highest BCUT2D eigenvalue weighted by atomic mass is 16.5. The van der Waals surface area contributed by atoms with Crippen molar-refractivity contribution in [3.8, 4) is 0 Å². The van der Waals surface area contributed by atoms with Crippen LogP contribution in [0.25, 0.3) is 0 Å². The zero-order chi connectivity index (χ0) is 19.0. The molecule has 1 saturated heterocycles. The lowest BCUT2D eigenvalue weighted by atomic mass is 10.0. The normalized spacial score (nSPS) is 22.5. The molecule has 2 aliphatic rings. The summed E-state index contributed by atoms with van der Waals surface area (Å²) in [7, 11) is 0. The van der Waals surface area contributed by atoms with Crippen LogP contribution in [-0.2, 0) is 31.0 Å². The van der Waals surface area contributed by atoms with Crippen LogP contribution in [-0.4, -0.2) is 42.9 Å². The first kappa shape index (κ1) is 18.1. The van der Waals surface area contributed by atoms with Crippen molar-refractivity contribution in [2.24, 2.45) is 5.92 Å². The highest BCUT2D eigenvalue weighted by Crippen LogP contribution is 2.31. The van der Waals surface area contributed by atoms with Gasteiger partial charge in [-0.15, -0.1) is 0 Å². The molecule has 144 valence electrons. The topological polar surface area (TPSA) is 82.3 Å². The summed E-state index contributed by atoms with van der Waals surface area (Å²) in [6, 6.07) is 3.99. The van der Waals surface area contributed by atoms with Crippen molar-refractivity contribution >= 4 is 0 Å². The Balaban J connectivity index is 1.54. The lowest BCUT2D eigenvalue weighted by molar-refractivity contribution is -0.0859. The fraction of sp³-hybridized carbons (Fsp3) is 0.579. The molecular formula is C19H25N5O3. The minimum absolute atomic E-state index is 0.240. The van der Waals surface area contributed by atoms with Gasteiger partial charge in [0.05, 0.1) is 6.54 Å². The third-order valence-electron chi connectivity index (χ3n) is 5.23. The van der Waals surface area contributed by atoms with E-state index in [1.165, 1.54) is 9.25 Å². The summed E-state index contributed by atoms with van der Waals surface area (Å²) >= 11 is 0. The molecule has 0 saturated carbocycles. The predicted molar refractivity (Wildman–Crippen MR) is 99.2 cm³/mol. The summed E-state index contributed by atoms with van der Waals surface area (Å²) in [5, 5.41) is 4.38. The van der Waals surface area contributed by atoms with E-state index in [0.717, 1.165) is 31.6 Å². The van der Waals surface area contributed by atoms with Gasteiger partial charge in [0.15, 0.2) is 5.82 Å². The van der Waals surface area contributed by atoms with Gasteiger partial charge in [-0.1, -0.05) is 19.9 Å². The second-order valence-electron chi connectivity index (χ2n) is 7.98. The average molecular weight is 371 g/mol. The molecule has 0 aromatic carbocycles. The van der Waals surface area contributed by atoms with Gasteiger partial charge in [-0.2, -0.15) is 5.10 Å². The smallest absolute Gasteiger partial charge is 0.332 e. The van der Waals surface area contributed by atoms with Gasteiger partial charge >= 0.3 is 11.1 Å². The summed E-state index contributed by atoms with van der Waals surface area (Å²) in [5.74, 6) is 0.779. The largest absolute Gasteiger partial charge is 0.364 e. The van der Waals surface area contributed by atoms with Crippen molar-refractivity contribution in [2.45, 2.75) is 52.1 Å². The van der Waals surface area contributed by atoms with E-state index >= 15 is 0 Å². The molecule has 2 aromatic heterocycles. The Kier molecular flexibility index (Phi) is 4.69. The monoisotopic (exact) mass is 371 g/mol. The third-order valence-corrected chi connectivity index (χ3v) is 5.23. The molecule has 0 unspecified atom stereocenters. The molecule has 27 heavy (non-hydrogen) atoms. The Labute approximate surface area is 157 Å². The molecule has 0 bridgehead atoms. The van der Waals surface area contributed by atoms with Crippen molar-refractivity contribution in [1.82, 2.24) is 24.2 Å². The van der Waals surface area contributed by atoms with E-state index in [9.17, 15) is 9.59 Å². The van der Waals surface area contributed by atoms with Crippen LogP contribution in [0.2, 0.25) is 0 Å². The molecular weight excluding hydrogens is 346 g/mol. The third kappa shape index (κ3) is 3.59. The number of ether oxygens (including phenoxy) is 1. The van der Waals surface area contributed by atoms with Crippen molar-refractivity contribution in [3.63, 3.8) is 0 Å². The Bertz CT molecular complexity index is 937. The molecule has 1 fully saturated rings. The van der Waals surface area contributed by atoms with Crippen LogP contribution < -0.4 is 11.1 Å². The molecule has 0 aliphatic carbocycles. The van der Waals surface area contributed by atoms with Crippen LogP contribution in [0.4, 0.5) is 0 Å². The highest BCUT2D eigenvalue weighted by molar-refractivity contribution is 5.10. The lowest BCUT2D eigenvalue weighted by Crippen LogP contribution is -2.53. The first-order valence-electron chi connectivity index (χ1n) is 9.42. The van der Waals surface area contributed by atoms with Gasteiger partial charge in [0.2, 0.25) is 0 Å². The number of nitrogens with zero attached hydrogens (tertiary/aromatic N) is 5. The Morgan fingerprint density at radius 3 is 2.85 bits per heavy atom. The van der Waals surface area contributed by atoms with Gasteiger partial charge in [-0.3, -0.25) is 24.0 Å². The zero-order valence-electron chi connectivity index (χ0n) is 15.8. The zero-order valence-corrected chi connectivity index (χ0v) is 15.8. The number of rotatable bonds is 4. The van der Waals surface area contributed by atoms with Gasteiger partial charge < -0.3 is 4.74 Å². The van der Waals surface area contributed by atoms with Crippen LogP contribution in [0.15, 0.2) is 34.1 Å². The number of aromatic nitrogens is 4. The van der Waals surface area contributed by atoms with Crippen LogP contribution in [0.3, 0.4) is 0 Å². The number of hydrogen-bond acceptors (Lipinski definition) is 6. The molecule has 8 nitrogen and oxygen atoms in total. The summed E-state index contributed by atoms with van der Waals surface area (Å²) in [4.78, 5) is 31.5. The van der Waals surface area contributed by atoms with E-state index in [1.54, 1.807) is 6.20 Å². The number of pyridine rings is 1. The van der Waals surface area contributed by atoms with E-state index in [0.29, 0.717) is 18.9 Å². The fourth-order valence-corrected chi connectivity index (χ4v) is 3.93. The maximum absolute atomic E-state index is 12.6. The Morgan fingerprint density at radius 1 is 1.26 bits per heavy atom. The molecule has 0 N–H and O–H groups in total. The number of hydrogen-bond donors (Lipinski definition) is 0. The van der Waals surface area contributed by atoms with E-state index in [2.05, 4.69) is 21.0 Å². The van der Waals surface area contributed by atoms with E-state index in [4.69, 9.17) is 4.74 Å². The molecule has 1 atom stereocenters. The maximum atomic E-state index is 12.6. The second kappa shape index (κ2) is 7.01. The lowest BCUT2D eigenvalue weighted by Gasteiger charge is -2.35. The van der Waals surface area contributed by atoms with Crippen molar-refractivity contribution < 1.29 is 4.74 Å². The summed E-state index contributed by atoms with van der Waals surface area (Å²) in [6.07, 6.45) is 4.46. The van der Waals surface area contributed by atoms with E-state index in [-0.39, 0.29) is 12.5 Å². The van der Waals surface area contributed by atoms with E-state index < -0.39 is 16.7 Å². The first-order chi connectivity index (χ1) is 13.0. The molecule has 2 aromatic rings. The standard InChI is InChI=1S/C19H25N5O3/c1-14(2)9-24-18(26)17(25)23-13-19(27-11-16(23)21-24)5-7-22(12-19)10-15-4-3-6-20-8-15/h3-4,6,8,14H,5,7,9-13H2,1-2H3/t19-/m1/s1. The second-order valence-corrected chi connectivity index (χ2v) is 7.98. The quantitative estimate of drug-likeness (QED) is 0.734. The Morgan fingerprint density at radius 2 is 2.11 bits per heavy atom. The highest BCUT2D eigenvalue weighted by Gasteiger charge is 2.43.